The number of amides is 1. The Labute approximate surface area is 110 Å². The second kappa shape index (κ2) is 4.86. The summed E-state index contributed by atoms with van der Waals surface area (Å²) in [6.07, 6.45) is 1.70. The minimum atomic E-state index is -0.212. The largest absolute Gasteiger partial charge is 0.290 e. The van der Waals surface area contributed by atoms with Gasteiger partial charge in [0, 0.05) is 17.1 Å². The van der Waals surface area contributed by atoms with Gasteiger partial charge in [-0.15, -0.1) is 0 Å². The number of nitrogens with one attached hydrogen (secondary N) is 1. The number of para-hydroxylation sites is 1. The molecule has 0 fully saturated rings. The van der Waals surface area contributed by atoms with Gasteiger partial charge in [-0.05, 0) is 18.2 Å². The van der Waals surface area contributed by atoms with E-state index in [1.807, 2.05) is 42.5 Å². The molecule has 4 heteroatoms. The molecule has 0 saturated heterocycles. The Balaban J connectivity index is 1.87. The lowest BCUT2D eigenvalue weighted by Gasteiger charge is -2.04. The van der Waals surface area contributed by atoms with Gasteiger partial charge in [-0.25, -0.2) is 9.97 Å². The van der Waals surface area contributed by atoms with E-state index in [0.29, 0.717) is 11.5 Å². The summed E-state index contributed by atoms with van der Waals surface area (Å²) in [7, 11) is 0. The Morgan fingerprint density at radius 1 is 0.947 bits per heavy atom. The number of anilines is 1. The maximum Gasteiger partial charge on any atom is 0.258 e. The predicted octanol–water partition coefficient (Wildman–Crippen LogP) is 2.88. The molecule has 4 nitrogen and oxygen atoms in total. The minimum Gasteiger partial charge on any atom is -0.290 e. The molecule has 0 radical (unpaired) electrons. The molecule has 0 atom stereocenters. The smallest absolute Gasteiger partial charge is 0.258 e. The molecule has 0 unspecified atom stereocenters. The zero-order chi connectivity index (χ0) is 13.1. The highest BCUT2D eigenvalue weighted by atomic mass is 16.1. The zero-order valence-electron chi connectivity index (χ0n) is 10.1. The van der Waals surface area contributed by atoms with Crippen LogP contribution in [-0.2, 0) is 0 Å². The van der Waals surface area contributed by atoms with Crippen LogP contribution in [0.1, 0.15) is 10.4 Å². The van der Waals surface area contributed by atoms with Crippen LogP contribution in [0.4, 0.5) is 5.95 Å². The summed E-state index contributed by atoms with van der Waals surface area (Å²) in [5, 5.41) is 3.63. The topological polar surface area (TPSA) is 54.9 Å². The number of fused-ring (bicyclic) bond motifs is 1. The fourth-order valence-corrected chi connectivity index (χ4v) is 1.80. The normalized spacial score (nSPS) is 10.3. The third kappa shape index (κ3) is 2.42. The molecule has 0 bridgehead atoms. The average molecular weight is 249 g/mol. The van der Waals surface area contributed by atoms with Crippen molar-refractivity contribution < 1.29 is 4.79 Å². The van der Waals surface area contributed by atoms with Crippen LogP contribution in [0.15, 0.2) is 60.8 Å². The molecule has 1 heterocycles. The maximum absolute atomic E-state index is 12.0. The van der Waals surface area contributed by atoms with Gasteiger partial charge in [0.05, 0.1) is 5.52 Å². The van der Waals surface area contributed by atoms with Crippen molar-refractivity contribution in [2.24, 2.45) is 0 Å². The van der Waals surface area contributed by atoms with Gasteiger partial charge in [-0.3, -0.25) is 10.1 Å². The van der Waals surface area contributed by atoms with E-state index >= 15 is 0 Å². The summed E-state index contributed by atoms with van der Waals surface area (Å²) in [4.78, 5) is 20.4. The van der Waals surface area contributed by atoms with E-state index in [1.54, 1.807) is 18.3 Å². The van der Waals surface area contributed by atoms with Gasteiger partial charge in [0.25, 0.3) is 5.91 Å². The fourth-order valence-electron chi connectivity index (χ4n) is 1.80. The first-order valence-electron chi connectivity index (χ1n) is 5.91. The standard InChI is InChI=1S/C15H11N3O/c19-14(11-6-2-1-3-7-11)18-15-16-10-12-8-4-5-9-13(12)17-15/h1-10H,(H,16,17,18,19). The van der Waals surface area contributed by atoms with Gasteiger partial charge in [0.15, 0.2) is 0 Å². The van der Waals surface area contributed by atoms with Crippen LogP contribution in [0.3, 0.4) is 0 Å². The van der Waals surface area contributed by atoms with Gasteiger partial charge >= 0.3 is 0 Å². The molecule has 19 heavy (non-hydrogen) atoms. The number of hydrogen-bond acceptors (Lipinski definition) is 3. The molecular formula is C15H11N3O. The van der Waals surface area contributed by atoms with Crippen molar-refractivity contribution in [1.82, 2.24) is 9.97 Å². The monoisotopic (exact) mass is 249 g/mol. The minimum absolute atomic E-state index is 0.212. The van der Waals surface area contributed by atoms with Crippen LogP contribution in [0.2, 0.25) is 0 Å². The molecule has 3 aromatic rings. The molecule has 2 aromatic carbocycles. The fraction of sp³-hybridized carbons (Fsp3) is 0. The molecule has 1 amide bonds. The van der Waals surface area contributed by atoms with E-state index < -0.39 is 0 Å². The first kappa shape index (κ1) is 11.3. The Hall–Kier alpha value is -2.75. The Morgan fingerprint density at radius 3 is 2.53 bits per heavy atom. The summed E-state index contributed by atoms with van der Waals surface area (Å²) < 4.78 is 0. The van der Waals surface area contributed by atoms with E-state index in [-0.39, 0.29) is 5.91 Å². The molecule has 0 aliphatic heterocycles. The van der Waals surface area contributed by atoms with Gasteiger partial charge < -0.3 is 0 Å². The van der Waals surface area contributed by atoms with Gasteiger partial charge in [-0.1, -0.05) is 36.4 Å². The average Bonchev–Trinajstić information content (AvgIpc) is 2.48. The van der Waals surface area contributed by atoms with Gasteiger partial charge in [-0.2, -0.15) is 0 Å². The summed E-state index contributed by atoms with van der Waals surface area (Å²) in [6, 6.07) is 16.6. The predicted molar refractivity (Wildman–Crippen MR) is 73.9 cm³/mol. The van der Waals surface area contributed by atoms with Crippen molar-refractivity contribution in [2.45, 2.75) is 0 Å². The van der Waals surface area contributed by atoms with Crippen LogP contribution < -0.4 is 5.32 Å². The number of aromatic nitrogens is 2. The molecule has 0 spiro atoms. The summed E-state index contributed by atoms with van der Waals surface area (Å²) >= 11 is 0. The lowest BCUT2D eigenvalue weighted by atomic mass is 10.2. The Morgan fingerprint density at radius 2 is 1.68 bits per heavy atom. The summed E-state index contributed by atoms with van der Waals surface area (Å²) in [5.74, 6) is 0.100. The van der Waals surface area contributed by atoms with Crippen molar-refractivity contribution in [3.63, 3.8) is 0 Å². The lowest BCUT2D eigenvalue weighted by Crippen LogP contribution is -2.13. The van der Waals surface area contributed by atoms with Gasteiger partial charge in [0.2, 0.25) is 5.95 Å². The molecular weight excluding hydrogens is 238 g/mol. The van der Waals surface area contributed by atoms with Crippen molar-refractivity contribution in [3.8, 4) is 0 Å². The van der Waals surface area contributed by atoms with Crippen molar-refractivity contribution >= 4 is 22.8 Å². The maximum atomic E-state index is 12.0. The van der Waals surface area contributed by atoms with Gasteiger partial charge in [0.1, 0.15) is 0 Å². The van der Waals surface area contributed by atoms with Crippen LogP contribution in [-0.4, -0.2) is 15.9 Å². The number of hydrogen-bond donors (Lipinski definition) is 1. The van der Waals surface area contributed by atoms with E-state index in [1.165, 1.54) is 0 Å². The first-order chi connectivity index (χ1) is 9.33. The highest BCUT2D eigenvalue weighted by Gasteiger charge is 2.07. The third-order valence-corrected chi connectivity index (χ3v) is 2.75. The van der Waals surface area contributed by atoms with Crippen molar-refractivity contribution in [3.05, 3.63) is 66.4 Å². The van der Waals surface area contributed by atoms with Crippen LogP contribution >= 0.6 is 0 Å². The van der Waals surface area contributed by atoms with Crippen molar-refractivity contribution in [1.29, 1.82) is 0 Å². The van der Waals surface area contributed by atoms with E-state index in [0.717, 1.165) is 10.9 Å². The molecule has 92 valence electrons. The molecule has 1 N–H and O–H groups in total. The number of rotatable bonds is 2. The second-order valence-corrected chi connectivity index (χ2v) is 4.07. The molecule has 3 rings (SSSR count). The Kier molecular flexibility index (Phi) is 2.90. The molecule has 1 aromatic heterocycles. The molecule has 0 aliphatic carbocycles. The SMILES string of the molecule is O=C(Nc1ncc2ccccc2n1)c1ccccc1. The second-order valence-electron chi connectivity index (χ2n) is 4.07. The summed E-state index contributed by atoms with van der Waals surface area (Å²) in [6.45, 7) is 0. The highest BCUT2D eigenvalue weighted by Crippen LogP contribution is 2.12. The third-order valence-electron chi connectivity index (χ3n) is 2.75. The quantitative estimate of drug-likeness (QED) is 0.759. The number of carbonyl (C=O) groups excluding carboxylic acids is 1. The Bertz CT molecular complexity index is 726. The van der Waals surface area contributed by atoms with Crippen LogP contribution in [0, 0.1) is 0 Å². The number of benzene rings is 2. The van der Waals surface area contributed by atoms with Crippen LogP contribution in [0.5, 0.6) is 0 Å². The van der Waals surface area contributed by atoms with E-state index in [9.17, 15) is 4.79 Å². The zero-order valence-corrected chi connectivity index (χ0v) is 10.1. The number of nitrogens with zero attached hydrogens (tertiary/aromatic N) is 2. The van der Waals surface area contributed by atoms with Crippen LogP contribution in [0.25, 0.3) is 10.9 Å². The highest BCUT2D eigenvalue weighted by molar-refractivity contribution is 6.03. The summed E-state index contributed by atoms with van der Waals surface area (Å²) in [5.41, 5.74) is 1.39. The number of carbonyl (C=O) groups is 1. The molecule has 0 saturated carbocycles. The van der Waals surface area contributed by atoms with E-state index in [4.69, 9.17) is 0 Å². The first-order valence-corrected chi connectivity index (χ1v) is 5.91. The lowest BCUT2D eigenvalue weighted by molar-refractivity contribution is 0.102. The van der Waals surface area contributed by atoms with E-state index in [2.05, 4.69) is 15.3 Å². The van der Waals surface area contributed by atoms with Crippen molar-refractivity contribution in [2.75, 3.05) is 5.32 Å². The molecule has 0 aliphatic rings.